The van der Waals surface area contributed by atoms with E-state index in [-0.39, 0.29) is 101 Å². The number of nitrogens with one attached hydrogen (secondary N) is 2. The molecule has 464 valence electrons. The number of pyridine rings is 2. The summed E-state index contributed by atoms with van der Waals surface area (Å²) in [6.45, 7) is 3.99. The highest BCUT2D eigenvalue weighted by atomic mass is 16.7. The van der Waals surface area contributed by atoms with Crippen molar-refractivity contribution in [1.29, 1.82) is 0 Å². The lowest BCUT2D eigenvalue weighted by atomic mass is 9.72. The van der Waals surface area contributed by atoms with Gasteiger partial charge in [-0.1, -0.05) is 37.3 Å². The van der Waals surface area contributed by atoms with Gasteiger partial charge in [0.2, 0.25) is 29.0 Å². The number of methoxy groups -OCH3 is 1. The first-order valence-electron chi connectivity index (χ1n) is 28.4. The number of carbonyl (C=O) groups is 10. The predicted octanol–water partition coefficient (Wildman–Crippen LogP) is 2.54. The van der Waals surface area contributed by atoms with Crippen molar-refractivity contribution in [3.05, 3.63) is 115 Å². The lowest BCUT2D eigenvalue weighted by Gasteiger charge is -2.42. The molecule has 8 N–H and O–H groups in total. The molecule has 0 bridgehead atoms. The maximum Gasteiger partial charge on any atom is 0.355 e. The number of para-hydroxylation sites is 1. The second-order valence-electron chi connectivity index (χ2n) is 22.2. The Kier molecular flexibility index (Phi) is 18.5. The average molecular weight is 1220 g/mol. The third-order valence-corrected chi connectivity index (χ3v) is 16.2. The number of hydrogen-bond donors (Lipinski definition) is 7. The zero-order valence-corrected chi connectivity index (χ0v) is 48.7. The van der Waals surface area contributed by atoms with Crippen LogP contribution in [0, 0.1) is 0 Å². The normalized spacial score (nSPS) is 22.0. The van der Waals surface area contributed by atoms with Crippen LogP contribution in [-0.2, 0) is 87.2 Å². The minimum absolute atomic E-state index is 0.0232. The van der Waals surface area contributed by atoms with Crippen molar-refractivity contribution >= 4 is 69.5 Å². The molecule has 10 rings (SSSR count). The number of carbonyl (C=O) groups excluding carboxylic acids is 10. The van der Waals surface area contributed by atoms with Crippen LogP contribution in [0.1, 0.15) is 145 Å². The summed E-state index contributed by atoms with van der Waals surface area (Å²) < 4.78 is 34.8. The van der Waals surface area contributed by atoms with Crippen molar-refractivity contribution in [2.75, 3.05) is 26.8 Å². The van der Waals surface area contributed by atoms with Gasteiger partial charge in [0.25, 0.3) is 5.56 Å². The van der Waals surface area contributed by atoms with Crippen LogP contribution in [0.4, 0.5) is 0 Å². The number of nitrogens with zero attached hydrogens (tertiary/aromatic N) is 2. The van der Waals surface area contributed by atoms with Gasteiger partial charge in [0.1, 0.15) is 54.1 Å². The smallest absolute Gasteiger partial charge is 0.355 e. The molecule has 3 aromatic carbocycles. The number of phenols is 2. The van der Waals surface area contributed by atoms with E-state index >= 15 is 0 Å². The molecule has 26 nitrogen and oxygen atoms in total. The molecule has 2 aromatic heterocycles. The molecule has 0 saturated carbocycles. The molecule has 0 radical (unpaired) electrons. The monoisotopic (exact) mass is 1220 g/mol. The van der Waals surface area contributed by atoms with Crippen molar-refractivity contribution in [3.8, 4) is 28.6 Å². The summed E-state index contributed by atoms with van der Waals surface area (Å²) >= 11 is 0. The second kappa shape index (κ2) is 25.7. The maximum absolute atomic E-state index is 13.9. The number of fused-ring (bicyclic) bond motifs is 8. The first-order chi connectivity index (χ1) is 41.8. The summed E-state index contributed by atoms with van der Waals surface area (Å²) in [5, 5.41) is 51.0. The molecule has 1 saturated heterocycles. The number of Topliss-reactive ketones (excluding diaryl/α,β-unsaturated/α-hetero) is 3. The van der Waals surface area contributed by atoms with Crippen molar-refractivity contribution in [1.82, 2.24) is 20.2 Å². The molecule has 4 unspecified atom stereocenters. The molecule has 2 aliphatic carbocycles. The molecule has 5 aromatic rings. The number of ether oxygens (including phenoxy) is 6. The number of nitrogens with two attached hydrogens (primary N) is 1. The summed E-state index contributed by atoms with van der Waals surface area (Å²) in [6, 6.07) is 14.8. The third kappa shape index (κ3) is 12.4. The van der Waals surface area contributed by atoms with Gasteiger partial charge in [0.15, 0.2) is 18.7 Å². The van der Waals surface area contributed by atoms with Gasteiger partial charge in [0, 0.05) is 84.2 Å². The van der Waals surface area contributed by atoms with Crippen LogP contribution in [0.2, 0.25) is 0 Å². The van der Waals surface area contributed by atoms with Gasteiger partial charge in [-0.3, -0.25) is 38.4 Å². The molecular weight excluding hydrogens is 1150 g/mol. The summed E-state index contributed by atoms with van der Waals surface area (Å²) in [5.41, 5.74) is 3.02. The van der Waals surface area contributed by atoms with Gasteiger partial charge in [-0.25, -0.2) is 9.78 Å². The zero-order valence-electron chi connectivity index (χ0n) is 48.7. The molecule has 1 fully saturated rings. The Morgan fingerprint density at radius 3 is 2.23 bits per heavy atom. The second-order valence-corrected chi connectivity index (χ2v) is 22.2. The van der Waals surface area contributed by atoms with Gasteiger partial charge < -0.3 is 79.4 Å². The number of esters is 3. The number of phenolic OH excluding ortho intramolecular Hbond substituents is 2. The Hall–Kier alpha value is -9.08. The fourth-order valence-electron chi connectivity index (χ4n) is 11.6. The highest BCUT2D eigenvalue weighted by Crippen LogP contribution is 2.53. The average Bonchev–Trinajstić information content (AvgIpc) is 0.963. The summed E-state index contributed by atoms with van der Waals surface area (Å²) in [6.07, 6.45) is -5.24. The number of aliphatic hydroxyl groups excluding tert-OH is 1. The van der Waals surface area contributed by atoms with Gasteiger partial charge >= 0.3 is 17.9 Å². The zero-order chi connectivity index (χ0) is 63.7. The van der Waals surface area contributed by atoms with Gasteiger partial charge in [-0.2, -0.15) is 0 Å². The number of aromatic nitrogens is 2. The van der Waals surface area contributed by atoms with E-state index in [1.54, 1.807) is 24.5 Å². The van der Waals surface area contributed by atoms with Crippen LogP contribution in [-0.4, -0.2) is 146 Å². The van der Waals surface area contributed by atoms with Crippen LogP contribution in [0.3, 0.4) is 0 Å². The number of rotatable bonds is 19. The van der Waals surface area contributed by atoms with E-state index in [4.69, 9.17) is 39.1 Å². The molecule has 26 heteroatoms. The number of benzene rings is 3. The SMILES string of the molecule is CC[C@]1(OC(=O)CNC(=O)CCCC(C)=O)C(=O)OCc2c1cc1n(c2=O)Cc2cc3ccccc3nc2-1.COc1cccc2c1C(=O)c1c(O)c3c(c(O)c1C2=O)C[C@@](O)(C(=O)COC(=O)CNC(=O)CCC(C)=O)C[C@H]3OC1CC(N)C(O)C(C)O1. The fourth-order valence-corrected chi connectivity index (χ4v) is 11.6. The molecule has 3 aliphatic heterocycles. The first kappa shape index (κ1) is 63.4. The largest absolute Gasteiger partial charge is 0.507 e. The molecular formula is C62H65N5O21. The fraction of sp³-hybridized carbons (Fsp3) is 0.419. The Morgan fingerprint density at radius 2 is 1.53 bits per heavy atom. The van der Waals surface area contributed by atoms with Crippen LogP contribution < -0.4 is 26.7 Å². The molecule has 0 spiro atoms. The minimum Gasteiger partial charge on any atom is -0.507 e. The van der Waals surface area contributed by atoms with Crippen LogP contribution in [0.15, 0.2) is 59.4 Å². The van der Waals surface area contributed by atoms with Crippen LogP contribution in [0.5, 0.6) is 17.2 Å². The van der Waals surface area contributed by atoms with Gasteiger partial charge in [-0.15, -0.1) is 0 Å². The van der Waals surface area contributed by atoms with E-state index < -0.39 is 144 Å². The van der Waals surface area contributed by atoms with E-state index in [0.717, 1.165) is 16.5 Å². The summed E-state index contributed by atoms with van der Waals surface area (Å²) in [7, 11) is 1.30. The van der Waals surface area contributed by atoms with E-state index in [1.165, 1.54) is 39.2 Å². The number of aliphatic hydroxyl groups is 2. The lowest BCUT2D eigenvalue weighted by Crippen LogP contribution is -2.53. The number of aromatic hydroxyl groups is 2. The molecule has 5 aliphatic rings. The van der Waals surface area contributed by atoms with Crippen molar-refractivity contribution in [2.24, 2.45) is 5.73 Å². The van der Waals surface area contributed by atoms with Gasteiger partial charge in [0.05, 0.1) is 71.1 Å². The Labute approximate surface area is 501 Å². The van der Waals surface area contributed by atoms with Gasteiger partial charge in [-0.05, 0) is 57.9 Å². The van der Waals surface area contributed by atoms with E-state index in [1.807, 2.05) is 30.3 Å². The third-order valence-electron chi connectivity index (χ3n) is 16.2. The minimum atomic E-state index is -2.42. The van der Waals surface area contributed by atoms with E-state index in [9.17, 15) is 73.2 Å². The predicted molar refractivity (Wildman–Crippen MR) is 304 cm³/mol. The topological polar surface area (TPSA) is 392 Å². The molecule has 88 heavy (non-hydrogen) atoms. The maximum atomic E-state index is 13.9. The number of amides is 2. The van der Waals surface area contributed by atoms with Crippen LogP contribution >= 0.6 is 0 Å². The summed E-state index contributed by atoms with van der Waals surface area (Å²) in [4.78, 5) is 144. The number of hydrogen-bond acceptors (Lipinski definition) is 23. The summed E-state index contributed by atoms with van der Waals surface area (Å²) in [5.74, 6) is -8.05. The highest BCUT2D eigenvalue weighted by molar-refractivity contribution is 6.31. The highest BCUT2D eigenvalue weighted by Gasteiger charge is 2.52. The number of cyclic esters (lactones) is 1. The van der Waals surface area contributed by atoms with Crippen molar-refractivity contribution in [2.45, 2.75) is 140 Å². The Bertz CT molecular complexity index is 3810. The van der Waals surface area contributed by atoms with E-state index in [0.29, 0.717) is 24.4 Å². The molecule has 5 heterocycles. The Morgan fingerprint density at radius 1 is 0.841 bits per heavy atom. The quantitative estimate of drug-likeness (QED) is 0.0347. The standard InChI is InChI=1S/C34H38N2O14.C28H27N3O7/c1-14(37)7-8-22(39)36-12-23(40)48-13-21(38)34(46)10-17-26(20(11-34)50-24-9-18(35)29(41)15(2)49-24)33(45)28-27(31(17)43)30(42)16-5-4-6-19(47-3)25(16)32(28)44;1-3-28(38-24(34)13-29-23(33)10-6-7-16(2)32)20-12-22-25-18(11-17-8-4-5-9-21(17)30-25)14-31(22)26(35)19(20)15-37-27(28)36/h4-6,15,18,20,24,29,41,43,45-46H,7-13,35H2,1-3H3,(H,36,39);4-5,8-9,11-12H,3,6-7,10,13-15H2,1-2H3,(H,29,33)/t15?,18?,20-,24?,29?,34+;28-/m11/s1. The lowest BCUT2D eigenvalue weighted by molar-refractivity contribution is -0.247. The van der Waals surface area contributed by atoms with Crippen molar-refractivity contribution in [3.63, 3.8) is 0 Å². The molecule has 2 amide bonds. The number of ketones is 5. The molecule has 7 atom stereocenters. The Balaban J connectivity index is 0.000000217. The van der Waals surface area contributed by atoms with Crippen molar-refractivity contribution < 1.29 is 96.8 Å². The first-order valence-corrected chi connectivity index (χ1v) is 28.4. The van der Waals surface area contributed by atoms with E-state index in [2.05, 4.69) is 10.6 Å². The van der Waals surface area contributed by atoms with Crippen LogP contribution in [0.25, 0.3) is 22.3 Å².